The molecule has 2 heterocycles. The smallest absolute Gasteiger partial charge is 0.261 e. The molecular formula is C11H17N3O4S2. The van der Waals surface area contributed by atoms with Crippen molar-refractivity contribution in [2.45, 2.75) is 17.4 Å². The van der Waals surface area contributed by atoms with Crippen LogP contribution in [0.4, 0.5) is 10.7 Å². The summed E-state index contributed by atoms with van der Waals surface area (Å²) in [4.78, 5) is 13.3. The molecule has 0 radical (unpaired) electrons. The quantitative estimate of drug-likeness (QED) is 0.810. The van der Waals surface area contributed by atoms with E-state index >= 15 is 0 Å². The molecule has 112 valence electrons. The predicted molar refractivity (Wildman–Crippen MR) is 78.0 cm³/mol. The fourth-order valence-corrected chi connectivity index (χ4v) is 4.87. The number of ether oxygens (including phenoxy) is 1. The first-order valence-corrected chi connectivity index (χ1v) is 8.66. The summed E-state index contributed by atoms with van der Waals surface area (Å²) in [5.41, 5.74) is 11.0. The monoisotopic (exact) mass is 319 g/mol. The summed E-state index contributed by atoms with van der Waals surface area (Å²) < 4.78 is 29.1. The Morgan fingerprint density at radius 2 is 2.15 bits per heavy atom. The van der Waals surface area contributed by atoms with Crippen LogP contribution in [-0.4, -0.2) is 46.9 Å². The molecule has 7 nitrogen and oxygen atoms in total. The van der Waals surface area contributed by atoms with Gasteiger partial charge >= 0.3 is 0 Å². The zero-order valence-electron chi connectivity index (χ0n) is 11.3. The molecule has 0 spiro atoms. The number of nitrogens with two attached hydrogens (primary N) is 2. The highest BCUT2D eigenvalue weighted by Gasteiger charge is 2.32. The minimum atomic E-state index is -3.54. The van der Waals surface area contributed by atoms with E-state index in [-0.39, 0.29) is 21.6 Å². The lowest BCUT2D eigenvalue weighted by atomic mass is 10.3. The van der Waals surface area contributed by atoms with Gasteiger partial charge in [0.15, 0.2) is 9.84 Å². The fourth-order valence-electron chi connectivity index (χ4n) is 2.27. The fraction of sp³-hybridized carbons (Fsp3) is 0.545. The summed E-state index contributed by atoms with van der Waals surface area (Å²) in [7, 11) is -1.93. The summed E-state index contributed by atoms with van der Waals surface area (Å²) >= 11 is 1.02. The van der Waals surface area contributed by atoms with Crippen LogP contribution in [-0.2, 0) is 14.6 Å². The van der Waals surface area contributed by atoms with Gasteiger partial charge in [-0.2, -0.15) is 0 Å². The maximum atomic E-state index is 11.9. The Kier molecular flexibility index (Phi) is 3.94. The van der Waals surface area contributed by atoms with Crippen molar-refractivity contribution in [3.8, 4) is 0 Å². The highest BCUT2D eigenvalue weighted by Crippen LogP contribution is 2.42. The number of rotatable bonds is 4. The van der Waals surface area contributed by atoms with Crippen LogP contribution >= 0.6 is 11.3 Å². The molecule has 1 aliphatic heterocycles. The SMILES string of the molecule is COC1CCN(c2sc(C(N)=O)c(N)c2S(C)(=O)=O)C1. The molecule has 1 unspecified atom stereocenters. The van der Waals surface area contributed by atoms with Gasteiger partial charge in [-0.1, -0.05) is 0 Å². The maximum Gasteiger partial charge on any atom is 0.261 e. The minimum absolute atomic E-state index is 0.00643. The molecule has 0 aromatic carbocycles. The van der Waals surface area contributed by atoms with Gasteiger partial charge in [0, 0.05) is 26.5 Å². The van der Waals surface area contributed by atoms with Crippen molar-refractivity contribution in [2.24, 2.45) is 5.73 Å². The van der Waals surface area contributed by atoms with Crippen molar-refractivity contribution < 1.29 is 17.9 Å². The number of primary amides is 1. The van der Waals surface area contributed by atoms with Crippen molar-refractivity contribution in [3.63, 3.8) is 0 Å². The Labute approximate surface area is 121 Å². The molecule has 0 bridgehead atoms. The average molecular weight is 319 g/mol. The zero-order chi connectivity index (χ0) is 15.1. The van der Waals surface area contributed by atoms with Crippen LogP contribution in [0.2, 0.25) is 0 Å². The van der Waals surface area contributed by atoms with Gasteiger partial charge in [-0.15, -0.1) is 11.3 Å². The van der Waals surface area contributed by atoms with E-state index in [2.05, 4.69) is 0 Å². The second-order valence-corrected chi connectivity index (χ2v) is 7.66. The van der Waals surface area contributed by atoms with E-state index < -0.39 is 15.7 Å². The highest BCUT2D eigenvalue weighted by atomic mass is 32.2. The molecule has 1 aromatic rings. The number of thiophene rings is 1. The second kappa shape index (κ2) is 5.23. The molecule has 1 amide bonds. The number of methoxy groups -OCH3 is 1. The van der Waals surface area contributed by atoms with Gasteiger partial charge in [-0.05, 0) is 6.42 Å². The van der Waals surface area contributed by atoms with Crippen molar-refractivity contribution in [2.75, 3.05) is 37.1 Å². The standard InChI is InChI=1S/C11H17N3O4S2/c1-18-6-3-4-14(5-6)11-9(20(2,16)17)7(12)8(19-11)10(13)15/h6H,3-5,12H2,1-2H3,(H2,13,15). The van der Waals surface area contributed by atoms with E-state index in [1.165, 1.54) is 0 Å². The number of sulfone groups is 1. The predicted octanol–water partition coefficient (Wildman–Crippen LogP) is 0.0578. The van der Waals surface area contributed by atoms with Crippen molar-refractivity contribution in [1.82, 2.24) is 0 Å². The molecule has 1 atom stereocenters. The minimum Gasteiger partial charge on any atom is -0.396 e. The molecule has 2 rings (SSSR count). The Balaban J connectivity index is 2.53. The van der Waals surface area contributed by atoms with Gasteiger partial charge < -0.3 is 21.1 Å². The van der Waals surface area contributed by atoms with Crippen molar-refractivity contribution in [3.05, 3.63) is 4.88 Å². The molecule has 20 heavy (non-hydrogen) atoms. The van der Waals surface area contributed by atoms with Gasteiger partial charge in [0.05, 0.1) is 11.8 Å². The average Bonchev–Trinajstić information content (AvgIpc) is 2.91. The van der Waals surface area contributed by atoms with Crippen LogP contribution in [0.25, 0.3) is 0 Å². The first-order chi connectivity index (χ1) is 9.25. The molecule has 1 aliphatic rings. The maximum absolute atomic E-state index is 11.9. The van der Waals surface area contributed by atoms with Crippen LogP contribution in [0.3, 0.4) is 0 Å². The van der Waals surface area contributed by atoms with E-state index in [9.17, 15) is 13.2 Å². The Morgan fingerprint density at radius 3 is 2.60 bits per heavy atom. The molecule has 9 heteroatoms. The number of amides is 1. The molecule has 4 N–H and O–H groups in total. The van der Waals surface area contributed by atoms with Crippen LogP contribution in [0.1, 0.15) is 16.1 Å². The first-order valence-electron chi connectivity index (χ1n) is 5.95. The van der Waals surface area contributed by atoms with E-state index in [0.717, 1.165) is 24.0 Å². The number of carbonyl (C=O) groups excluding carboxylic acids is 1. The van der Waals surface area contributed by atoms with Gasteiger partial charge in [-0.3, -0.25) is 4.79 Å². The largest absolute Gasteiger partial charge is 0.396 e. The molecule has 0 aliphatic carbocycles. The molecule has 0 saturated carbocycles. The molecular weight excluding hydrogens is 302 g/mol. The normalized spacial score (nSPS) is 19.5. The van der Waals surface area contributed by atoms with Crippen LogP contribution in [0, 0.1) is 0 Å². The second-order valence-electron chi connectivity index (χ2n) is 4.71. The van der Waals surface area contributed by atoms with Crippen LogP contribution in [0.5, 0.6) is 0 Å². The Morgan fingerprint density at radius 1 is 1.50 bits per heavy atom. The number of carbonyl (C=O) groups is 1. The van der Waals surface area contributed by atoms with Gasteiger partial charge in [0.2, 0.25) is 0 Å². The topological polar surface area (TPSA) is 116 Å². The van der Waals surface area contributed by atoms with Crippen LogP contribution in [0.15, 0.2) is 4.90 Å². The van der Waals surface area contributed by atoms with E-state index in [1.807, 2.05) is 4.90 Å². The number of hydrogen-bond acceptors (Lipinski definition) is 7. The molecule has 1 aromatic heterocycles. The van der Waals surface area contributed by atoms with Crippen molar-refractivity contribution >= 4 is 37.8 Å². The lowest BCUT2D eigenvalue weighted by molar-refractivity contribution is 0.100. The third-order valence-electron chi connectivity index (χ3n) is 3.24. The first kappa shape index (κ1) is 15.1. The summed E-state index contributed by atoms with van der Waals surface area (Å²) in [5.74, 6) is -0.717. The Bertz CT molecular complexity index is 638. The van der Waals surface area contributed by atoms with Crippen molar-refractivity contribution in [1.29, 1.82) is 0 Å². The van der Waals surface area contributed by atoms with Gasteiger partial charge in [0.1, 0.15) is 14.8 Å². The lowest BCUT2D eigenvalue weighted by Crippen LogP contribution is -2.22. The third kappa shape index (κ3) is 2.60. The van der Waals surface area contributed by atoms with E-state index in [1.54, 1.807) is 7.11 Å². The van der Waals surface area contributed by atoms with Gasteiger partial charge in [-0.25, -0.2) is 8.42 Å². The summed E-state index contributed by atoms with van der Waals surface area (Å²) in [5, 5.41) is 0.471. The highest BCUT2D eigenvalue weighted by molar-refractivity contribution is 7.91. The van der Waals surface area contributed by atoms with E-state index in [0.29, 0.717) is 18.1 Å². The zero-order valence-corrected chi connectivity index (χ0v) is 12.9. The Hall–Kier alpha value is -1.32. The van der Waals surface area contributed by atoms with Gasteiger partial charge in [0.25, 0.3) is 5.91 Å². The van der Waals surface area contributed by atoms with E-state index in [4.69, 9.17) is 16.2 Å². The third-order valence-corrected chi connectivity index (χ3v) is 5.81. The van der Waals surface area contributed by atoms with Crippen LogP contribution < -0.4 is 16.4 Å². The summed E-state index contributed by atoms with van der Waals surface area (Å²) in [6.45, 7) is 1.22. The number of nitrogens with zero attached hydrogens (tertiary/aromatic N) is 1. The summed E-state index contributed by atoms with van der Waals surface area (Å²) in [6, 6.07) is 0. The lowest BCUT2D eigenvalue weighted by Gasteiger charge is -2.17. The number of anilines is 2. The summed E-state index contributed by atoms with van der Waals surface area (Å²) in [6.07, 6.45) is 1.91. The number of hydrogen-bond donors (Lipinski definition) is 2. The molecule has 1 fully saturated rings. The number of nitrogen functional groups attached to an aromatic ring is 1. The molecule has 1 saturated heterocycles.